The number of hydrogen-bond donors (Lipinski definition) is 2. The molecule has 14 nitrogen and oxygen atoms in total. The Balaban J connectivity index is 1.27. The fourth-order valence-electron chi connectivity index (χ4n) is 4.12. The first kappa shape index (κ1) is 41.8. The monoisotopic (exact) mass is 826 g/mol. The van der Waals surface area contributed by atoms with Crippen LogP contribution in [0.4, 0.5) is 0 Å². The number of esters is 4. The van der Waals surface area contributed by atoms with Gasteiger partial charge in [-0.25, -0.2) is 28.8 Å². The fourth-order valence-corrected chi connectivity index (χ4v) is 10.1. The maximum Gasteiger partial charge on any atom is 0.331 e. The molecule has 284 valence electrons. The lowest BCUT2D eigenvalue weighted by molar-refractivity contribution is -0.156. The molecule has 0 aromatic heterocycles. The average Bonchev–Trinajstić information content (AvgIpc) is 3.89. The molecule has 2 atom stereocenters. The van der Waals surface area contributed by atoms with E-state index in [4.69, 9.17) is 38.6 Å². The second-order valence-electron chi connectivity index (χ2n) is 10.5. The van der Waals surface area contributed by atoms with Gasteiger partial charge in [-0.15, -0.1) is 47.0 Å². The van der Waals surface area contributed by atoms with E-state index >= 15 is 0 Å². The topological polar surface area (TPSA) is 198 Å². The van der Waals surface area contributed by atoms with Crippen LogP contribution >= 0.6 is 58.8 Å². The summed E-state index contributed by atoms with van der Waals surface area (Å²) in [5.74, 6) is -1.11. The molecule has 2 fully saturated rings. The number of carbonyl (C=O) groups is 6. The minimum atomic E-state index is -1.31. The van der Waals surface area contributed by atoms with Crippen LogP contribution in [0.1, 0.15) is 0 Å². The van der Waals surface area contributed by atoms with Crippen molar-refractivity contribution in [2.45, 2.75) is 31.2 Å². The summed E-state index contributed by atoms with van der Waals surface area (Å²) >= 11 is 7.34. The van der Waals surface area contributed by atoms with E-state index in [0.29, 0.717) is 23.7 Å². The zero-order valence-corrected chi connectivity index (χ0v) is 31.8. The molecule has 0 bridgehead atoms. The molecule has 2 saturated heterocycles. The Hall–Kier alpha value is -3.91. The van der Waals surface area contributed by atoms with Gasteiger partial charge in [0.2, 0.25) is 0 Å². The summed E-state index contributed by atoms with van der Waals surface area (Å²) in [6, 6.07) is 14.1. The molecule has 0 saturated carbocycles. The lowest BCUT2D eigenvalue weighted by Crippen LogP contribution is -2.31. The third-order valence-electron chi connectivity index (χ3n) is 6.50. The number of benzene rings is 2. The van der Waals surface area contributed by atoms with Crippen molar-refractivity contribution in [3.05, 3.63) is 72.8 Å². The van der Waals surface area contributed by atoms with E-state index in [2.05, 4.69) is 0 Å². The van der Waals surface area contributed by atoms with Crippen LogP contribution in [-0.2, 0) is 47.7 Å². The molecule has 2 aliphatic heterocycles. The summed E-state index contributed by atoms with van der Waals surface area (Å²) in [6.45, 7) is -0.837. The molecule has 2 N–H and O–H groups in total. The summed E-state index contributed by atoms with van der Waals surface area (Å²) in [4.78, 5) is 72.2. The van der Waals surface area contributed by atoms with Gasteiger partial charge in [0.25, 0.3) is 0 Å². The summed E-state index contributed by atoms with van der Waals surface area (Å²) in [6.07, 6.45) is 0.841. The van der Waals surface area contributed by atoms with Crippen LogP contribution in [-0.4, -0.2) is 117 Å². The van der Waals surface area contributed by atoms with Gasteiger partial charge in [0.1, 0.15) is 47.1 Å². The van der Waals surface area contributed by atoms with Gasteiger partial charge < -0.3 is 38.6 Å². The highest BCUT2D eigenvalue weighted by Gasteiger charge is 2.28. The second-order valence-corrected chi connectivity index (χ2v) is 17.1. The largest absolute Gasteiger partial charge is 0.490 e. The van der Waals surface area contributed by atoms with Crippen molar-refractivity contribution in [3.8, 4) is 11.5 Å². The number of thioether (sulfide) groups is 4. The third-order valence-corrected chi connectivity index (χ3v) is 13.4. The van der Waals surface area contributed by atoms with E-state index in [1.807, 2.05) is 24.3 Å². The smallest absolute Gasteiger partial charge is 0.331 e. The molecule has 0 aliphatic carbocycles. The molecule has 19 heteroatoms. The number of ether oxygens (including phenoxy) is 6. The number of carboxylic acid groups (broad SMARTS) is 2. The molecule has 2 aliphatic rings. The van der Waals surface area contributed by atoms with Crippen LogP contribution in [0.25, 0.3) is 0 Å². The molecular weight excluding hydrogens is 793 g/mol. The van der Waals surface area contributed by atoms with Crippen molar-refractivity contribution in [1.29, 1.82) is 0 Å². The van der Waals surface area contributed by atoms with Gasteiger partial charge in [-0.2, -0.15) is 0 Å². The molecule has 0 amide bonds. The van der Waals surface area contributed by atoms with Crippen molar-refractivity contribution < 1.29 is 67.4 Å². The van der Waals surface area contributed by atoms with Gasteiger partial charge in [0.15, 0.2) is 12.2 Å². The fraction of sp³-hybridized carbons (Fsp3) is 0.353. The van der Waals surface area contributed by atoms with Crippen LogP contribution in [0.5, 0.6) is 11.5 Å². The predicted octanol–water partition coefficient (Wildman–Crippen LogP) is 4.40. The summed E-state index contributed by atoms with van der Waals surface area (Å²) in [5.41, 5.74) is 0. The molecule has 4 rings (SSSR count). The van der Waals surface area contributed by atoms with Crippen molar-refractivity contribution in [2.75, 3.05) is 49.4 Å². The zero-order valence-electron chi connectivity index (χ0n) is 27.7. The SMILES string of the molecule is O=C(O)/C=C/C(=O)OC(COC(=O)C1SCCS1)COc1ccc(Sc2ccc(OCC(COC(=O)C3SCCS3)OC(=O)/C=C/C(=O)O)cc2)cc1. The van der Waals surface area contributed by atoms with E-state index in [-0.39, 0.29) is 35.6 Å². The molecular formula is C34H34O14S5. The number of hydrogen-bond acceptors (Lipinski definition) is 17. The van der Waals surface area contributed by atoms with Crippen molar-refractivity contribution in [1.82, 2.24) is 0 Å². The standard InChI is InChI=1S/C34H34O14S5/c35-27(36)9-11-29(39)47-23(19-45-31(41)33-49-13-14-50-33)17-43-21-1-5-25(6-2-21)53-26-7-3-22(4-8-26)44-18-24(48-30(40)12-10-28(37)38)20-46-32(42)34-51-15-16-52-34/h1-12,23-24,33-34H,13-20H2,(H,35,36)(H,37,38)/b11-9+,12-10+. The summed E-state index contributed by atoms with van der Waals surface area (Å²) in [5, 5.41) is 17.6. The van der Waals surface area contributed by atoms with Crippen LogP contribution < -0.4 is 9.47 Å². The Morgan fingerprint density at radius 2 is 0.943 bits per heavy atom. The zero-order chi connectivity index (χ0) is 38.0. The minimum absolute atomic E-state index is 0.154. The normalized spacial score (nSPS) is 15.8. The van der Waals surface area contributed by atoms with Gasteiger partial charge in [-0.05, 0) is 48.5 Å². The van der Waals surface area contributed by atoms with E-state index in [9.17, 15) is 28.8 Å². The van der Waals surface area contributed by atoms with Crippen LogP contribution in [0.3, 0.4) is 0 Å². The van der Waals surface area contributed by atoms with Crippen molar-refractivity contribution in [2.24, 2.45) is 0 Å². The average molecular weight is 827 g/mol. The molecule has 2 aromatic carbocycles. The number of carbonyl (C=O) groups excluding carboxylic acids is 4. The predicted molar refractivity (Wildman–Crippen MR) is 201 cm³/mol. The quantitative estimate of drug-likeness (QED) is 0.108. The van der Waals surface area contributed by atoms with Crippen LogP contribution in [0.15, 0.2) is 82.6 Å². The Morgan fingerprint density at radius 3 is 1.28 bits per heavy atom. The summed E-state index contributed by atoms with van der Waals surface area (Å²) in [7, 11) is 0. The third kappa shape index (κ3) is 15.9. The molecule has 0 spiro atoms. The number of aliphatic carboxylic acids is 2. The van der Waals surface area contributed by atoms with E-state index < -0.39 is 48.0 Å². The molecule has 2 aromatic rings. The Morgan fingerprint density at radius 1 is 0.585 bits per heavy atom. The van der Waals surface area contributed by atoms with Crippen molar-refractivity contribution in [3.63, 3.8) is 0 Å². The highest BCUT2D eigenvalue weighted by molar-refractivity contribution is 8.21. The number of carboxylic acids is 2. The van der Waals surface area contributed by atoms with E-state index in [1.165, 1.54) is 58.8 Å². The van der Waals surface area contributed by atoms with Gasteiger partial charge in [-0.1, -0.05) is 11.8 Å². The van der Waals surface area contributed by atoms with E-state index in [0.717, 1.165) is 45.0 Å². The first-order valence-electron chi connectivity index (χ1n) is 15.7. The first-order valence-corrected chi connectivity index (χ1v) is 20.7. The summed E-state index contributed by atoms with van der Waals surface area (Å²) < 4.78 is 32.1. The lowest BCUT2D eigenvalue weighted by atomic mass is 10.3. The highest BCUT2D eigenvalue weighted by atomic mass is 32.2. The molecule has 2 heterocycles. The van der Waals surface area contributed by atoms with Gasteiger partial charge in [-0.3, -0.25) is 0 Å². The van der Waals surface area contributed by atoms with Crippen LogP contribution in [0, 0.1) is 0 Å². The van der Waals surface area contributed by atoms with Crippen LogP contribution in [0.2, 0.25) is 0 Å². The number of rotatable bonds is 20. The van der Waals surface area contributed by atoms with Crippen molar-refractivity contribution >= 4 is 94.6 Å². The van der Waals surface area contributed by atoms with Gasteiger partial charge in [0.05, 0.1) is 0 Å². The Kier molecular flexibility index (Phi) is 17.6. The minimum Gasteiger partial charge on any atom is -0.490 e. The molecule has 0 radical (unpaired) electrons. The van der Waals surface area contributed by atoms with E-state index in [1.54, 1.807) is 24.3 Å². The van der Waals surface area contributed by atoms with Gasteiger partial charge >= 0.3 is 35.8 Å². The Bertz CT molecular complexity index is 1500. The first-order chi connectivity index (χ1) is 25.5. The molecule has 2 unspecified atom stereocenters. The van der Waals surface area contributed by atoms with Gasteiger partial charge in [0, 0.05) is 57.1 Å². The maximum absolute atomic E-state index is 12.3. The Labute approximate surface area is 325 Å². The second kappa shape index (κ2) is 22.3. The lowest BCUT2D eigenvalue weighted by Gasteiger charge is -2.19. The maximum atomic E-state index is 12.3. The molecule has 53 heavy (non-hydrogen) atoms. The highest BCUT2D eigenvalue weighted by Crippen LogP contribution is 2.34.